The van der Waals surface area contributed by atoms with E-state index in [4.69, 9.17) is 21.1 Å². The lowest BCUT2D eigenvalue weighted by atomic mass is 10.2. The predicted molar refractivity (Wildman–Crippen MR) is 97.6 cm³/mol. The Labute approximate surface area is 152 Å². The fourth-order valence-corrected chi connectivity index (χ4v) is 3.68. The summed E-state index contributed by atoms with van der Waals surface area (Å²) in [7, 11) is 3.20. The summed E-state index contributed by atoms with van der Waals surface area (Å²) in [4.78, 5) is 0.694. The Balaban J connectivity index is 1.83. The van der Waals surface area contributed by atoms with Crippen LogP contribution in [0.3, 0.4) is 0 Å². The summed E-state index contributed by atoms with van der Waals surface area (Å²) in [6, 6.07) is 13.2. The largest absolute Gasteiger partial charge is 0.493 e. The first kappa shape index (κ1) is 15.9. The molecular weight excluding hydrogens is 360 g/mol. The second-order valence-corrected chi connectivity index (χ2v) is 6.54. The zero-order chi connectivity index (χ0) is 17.4. The number of ether oxygens (including phenoxy) is 2. The van der Waals surface area contributed by atoms with Crippen molar-refractivity contribution in [3.63, 3.8) is 0 Å². The van der Waals surface area contributed by atoms with Gasteiger partial charge in [0.25, 0.3) is 0 Å². The molecule has 0 N–H and O–H groups in total. The quantitative estimate of drug-likeness (QED) is 0.537. The van der Waals surface area contributed by atoms with Crippen LogP contribution in [0.5, 0.6) is 11.5 Å². The number of hydrogen-bond acceptors (Lipinski definition) is 6. The first-order chi connectivity index (χ1) is 12.2. The van der Waals surface area contributed by atoms with Gasteiger partial charge in [-0.15, -0.1) is 10.2 Å². The van der Waals surface area contributed by atoms with Crippen molar-refractivity contribution in [2.75, 3.05) is 14.2 Å². The summed E-state index contributed by atoms with van der Waals surface area (Å²) in [5.74, 6) is 1.91. The number of benzene rings is 2. The van der Waals surface area contributed by atoms with Gasteiger partial charge >= 0.3 is 0 Å². The maximum absolute atomic E-state index is 6.27. The smallest absolute Gasteiger partial charge is 0.235 e. The van der Waals surface area contributed by atoms with E-state index in [1.54, 1.807) is 18.7 Å². The second-order valence-electron chi connectivity index (χ2n) is 5.17. The third-order valence-corrected chi connectivity index (χ3v) is 5.00. The molecule has 8 heteroatoms. The van der Waals surface area contributed by atoms with E-state index >= 15 is 0 Å². The van der Waals surface area contributed by atoms with Crippen molar-refractivity contribution in [2.45, 2.75) is 0 Å². The Morgan fingerprint density at radius 3 is 2.56 bits per heavy atom. The van der Waals surface area contributed by atoms with Crippen molar-refractivity contribution in [3.05, 3.63) is 47.5 Å². The van der Waals surface area contributed by atoms with E-state index in [9.17, 15) is 0 Å². The number of rotatable bonds is 4. The van der Waals surface area contributed by atoms with Crippen molar-refractivity contribution in [1.82, 2.24) is 19.8 Å². The highest BCUT2D eigenvalue weighted by molar-refractivity contribution is 7.19. The van der Waals surface area contributed by atoms with Crippen LogP contribution in [0.15, 0.2) is 42.5 Å². The molecule has 6 nitrogen and oxygen atoms in total. The molecule has 0 saturated carbocycles. The molecule has 0 saturated heterocycles. The zero-order valence-electron chi connectivity index (χ0n) is 13.4. The van der Waals surface area contributed by atoms with Crippen LogP contribution in [0.25, 0.3) is 26.9 Å². The van der Waals surface area contributed by atoms with E-state index in [2.05, 4.69) is 15.3 Å². The molecule has 0 aliphatic carbocycles. The fraction of sp³-hybridized carbons (Fsp3) is 0.118. The van der Waals surface area contributed by atoms with E-state index in [1.165, 1.54) is 11.3 Å². The van der Waals surface area contributed by atoms with E-state index < -0.39 is 0 Å². The van der Waals surface area contributed by atoms with Crippen LogP contribution in [0.1, 0.15) is 0 Å². The molecule has 25 heavy (non-hydrogen) atoms. The topological polar surface area (TPSA) is 61.5 Å². The maximum Gasteiger partial charge on any atom is 0.235 e. The standard InChI is InChI=1S/C17H13ClN4O2S/c1-23-13-8-7-10(9-14(13)24-2)15-19-20-17-22(15)21-16(25-17)11-5-3-4-6-12(11)18/h3-9H,1-2H3. The van der Waals surface area contributed by atoms with Gasteiger partial charge < -0.3 is 9.47 Å². The van der Waals surface area contributed by atoms with Gasteiger partial charge in [0, 0.05) is 11.1 Å². The normalized spacial score (nSPS) is 11.0. The molecule has 0 bridgehead atoms. The van der Waals surface area contributed by atoms with Crippen molar-refractivity contribution < 1.29 is 9.47 Å². The summed E-state index contributed by atoms with van der Waals surface area (Å²) in [5.41, 5.74) is 1.71. The molecular formula is C17H13ClN4O2S. The van der Waals surface area contributed by atoms with E-state index in [1.807, 2.05) is 42.5 Å². The molecule has 0 radical (unpaired) electrons. The van der Waals surface area contributed by atoms with Crippen molar-refractivity contribution in [1.29, 1.82) is 0 Å². The number of nitrogens with zero attached hydrogens (tertiary/aromatic N) is 4. The Morgan fingerprint density at radius 2 is 1.80 bits per heavy atom. The summed E-state index contributed by atoms with van der Waals surface area (Å²) < 4.78 is 12.3. The highest BCUT2D eigenvalue weighted by Crippen LogP contribution is 2.34. The second kappa shape index (κ2) is 6.34. The number of halogens is 1. The molecule has 2 heterocycles. The minimum atomic E-state index is 0.623. The Hall–Kier alpha value is -2.64. The zero-order valence-corrected chi connectivity index (χ0v) is 15.0. The third-order valence-electron chi connectivity index (χ3n) is 3.74. The van der Waals surface area contributed by atoms with Crippen LogP contribution in [-0.4, -0.2) is 34.0 Å². The molecule has 0 unspecified atom stereocenters. The Bertz CT molecular complexity index is 1060. The van der Waals surface area contributed by atoms with Gasteiger partial charge in [-0.3, -0.25) is 0 Å². The molecule has 2 aromatic heterocycles. The summed E-state index contributed by atoms with van der Waals surface area (Å²) in [6.07, 6.45) is 0. The Kier molecular flexibility index (Phi) is 4.03. The molecule has 0 fully saturated rings. The molecule has 4 rings (SSSR count). The lowest BCUT2D eigenvalue weighted by Gasteiger charge is -2.08. The van der Waals surface area contributed by atoms with Gasteiger partial charge in [0.2, 0.25) is 4.96 Å². The molecule has 0 aliphatic heterocycles. The van der Waals surface area contributed by atoms with Crippen LogP contribution in [0.4, 0.5) is 0 Å². The van der Waals surface area contributed by atoms with Crippen molar-refractivity contribution >= 4 is 27.9 Å². The van der Waals surface area contributed by atoms with E-state index in [0.29, 0.717) is 27.3 Å². The van der Waals surface area contributed by atoms with Gasteiger partial charge in [-0.05, 0) is 24.3 Å². The summed E-state index contributed by atoms with van der Waals surface area (Å²) in [6.45, 7) is 0. The SMILES string of the molecule is COc1ccc(-c2nnc3sc(-c4ccccc4Cl)nn23)cc1OC. The van der Waals surface area contributed by atoms with Crippen molar-refractivity contribution in [2.24, 2.45) is 0 Å². The van der Waals surface area contributed by atoms with Crippen LogP contribution < -0.4 is 9.47 Å². The van der Waals surface area contributed by atoms with Gasteiger partial charge in [-0.25, -0.2) is 0 Å². The molecule has 0 spiro atoms. The minimum absolute atomic E-state index is 0.623. The molecule has 4 aromatic rings. The molecule has 2 aromatic carbocycles. The lowest BCUT2D eigenvalue weighted by Crippen LogP contribution is -1.94. The predicted octanol–water partition coefficient (Wildman–Crippen LogP) is 4.19. The van der Waals surface area contributed by atoms with Gasteiger partial charge in [0.1, 0.15) is 5.01 Å². The van der Waals surface area contributed by atoms with Crippen LogP contribution in [0.2, 0.25) is 5.02 Å². The minimum Gasteiger partial charge on any atom is -0.493 e. The third kappa shape index (κ3) is 2.71. The number of aromatic nitrogens is 4. The van der Waals surface area contributed by atoms with Crippen molar-refractivity contribution in [3.8, 4) is 33.5 Å². The highest BCUT2D eigenvalue weighted by Gasteiger charge is 2.17. The van der Waals surface area contributed by atoms with Gasteiger partial charge in [-0.1, -0.05) is 41.1 Å². The average Bonchev–Trinajstić information content (AvgIpc) is 3.22. The maximum atomic E-state index is 6.27. The molecule has 0 amide bonds. The summed E-state index contributed by atoms with van der Waals surface area (Å²) in [5, 5.41) is 14.5. The van der Waals surface area contributed by atoms with Crippen LogP contribution in [0, 0.1) is 0 Å². The Morgan fingerprint density at radius 1 is 1.00 bits per heavy atom. The van der Waals surface area contributed by atoms with Gasteiger partial charge in [0.05, 0.1) is 19.2 Å². The summed E-state index contributed by atoms with van der Waals surface area (Å²) >= 11 is 7.71. The van der Waals surface area contributed by atoms with E-state index in [0.717, 1.165) is 16.1 Å². The first-order valence-corrected chi connectivity index (χ1v) is 8.60. The average molecular weight is 373 g/mol. The number of methoxy groups -OCH3 is 2. The first-order valence-electron chi connectivity index (χ1n) is 7.41. The van der Waals surface area contributed by atoms with Crippen LogP contribution >= 0.6 is 22.9 Å². The highest BCUT2D eigenvalue weighted by atomic mass is 35.5. The van der Waals surface area contributed by atoms with Gasteiger partial charge in [0.15, 0.2) is 17.3 Å². The van der Waals surface area contributed by atoms with Gasteiger partial charge in [-0.2, -0.15) is 9.61 Å². The monoisotopic (exact) mass is 372 g/mol. The van der Waals surface area contributed by atoms with E-state index in [-0.39, 0.29) is 0 Å². The number of hydrogen-bond donors (Lipinski definition) is 0. The fourth-order valence-electron chi connectivity index (χ4n) is 2.52. The molecule has 0 aliphatic rings. The number of fused-ring (bicyclic) bond motifs is 1. The van der Waals surface area contributed by atoms with Crippen LogP contribution in [-0.2, 0) is 0 Å². The molecule has 0 atom stereocenters. The molecule has 126 valence electrons. The lowest BCUT2D eigenvalue weighted by molar-refractivity contribution is 0.355.